The van der Waals surface area contributed by atoms with Gasteiger partial charge in [-0.1, -0.05) is 25.1 Å². The van der Waals surface area contributed by atoms with Crippen molar-refractivity contribution in [1.82, 2.24) is 9.91 Å². The molecule has 6 nitrogen and oxygen atoms in total. The summed E-state index contributed by atoms with van der Waals surface area (Å²) in [7, 11) is 1.52. The highest BCUT2D eigenvalue weighted by molar-refractivity contribution is 8.14. The summed E-state index contributed by atoms with van der Waals surface area (Å²) >= 11 is 1.32. The van der Waals surface area contributed by atoms with Gasteiger partial charge in [0.05, 0.1) is 18.1 Å². The highest BCUT2D eigenvalue weighted by Crippen LogP contribution is 2.33. The van der Waals surface area contributed by atoms with Crippen molar-refractivity contribution in [2.75, 3.05) is 40.1 Å². The molecule has 0 saturated carbocycles. The van der Waals surface area contributed by atoms with Gasteiger partial charge in [-0.2, -0.15) is 5.10 Å². The van der Waals surface area contributed by atoms with Gasteiger partial charge in [0, 0.05) is 12.1 Å². The lowest BCUT2D eigenvalue weighted by molar-refractivity contribution is 0.184. The van der Waals surface area contributed by atoms with Crippen LogP contribution in [0.1, 0.15) is 44.6 Å². The smallest absolute Gasteiger partial charge is 0.302 e. The lowest BCUT2D eigenvalue weighted by Crippen LogP contribution is -2.37. The minimum absolute atomic E-state index is 0.00333. The summed E-state index contributed by atoms with van der Waals surface area (Å²) in [5.74, 6) is 0.807. The first kappa shape index (κ1) is 21.9. The number of carbonyl (C=O) groups excluding carboxylic acids is 1. The zero-order valence-electron chi connectivity index (χ0n) is 17.2. The molecule has 2 aliphatic heterocycles. The van der Waals surface area contributed by atoms with Crippen molar-refractivity contribution >= 4 is 22.7 Å². The summed E-state index contributed by atoms with van der Waals surface area (Å²) in [4.78, 5) is 15.0. The molecule has 2 aliphatic rings. The number of rotatable bonds is 9. The Morgan fingerprint density at radius 3 is 2.69 bits per heavy atom. The number of alkyl halides is 1. The van der Waals surface area contributed by atoms with E-state index in [0.29, 0.717) is 18.0 Å². The molecule has 1 unspecified atom stereocenters. The van der Waals surface area contributed by atoms with E-state index in [1.54, 1.807) is 17.1 Å². The van der Waals surface area contributed by atoms with Gasteiger partial charge in [0.15, 0.2) is 11.5 Å². The molecule has 160 valence electrons. The average molecular weight is 424 g/mol. The maximum absolute atomic E-state index is 12.6. The fourth-order valence-corrected chi connectivity index (χ4v) is 4.73. The number of likely N-dealkylation sites (tertiary alicyclic amines) is 1. The Hall–Kier alpha value is -1.80. The van der Waals surface area contributed by atoms with Gasteiger partial charge in [0.2, 0.25) is 6.86 Å². The summed E-state index contributed by atoms with van der Waals surface area (Å²) in [5.41, 5.74) is 1.71. The van der Waals surface area contributed by atoms with Gasteiger partial charge >= 0.3 is 5.24 Å². The second-order valence-corrected chi connectivity index (χ2v) is 8.42. The van der Waals surface area contributed by atoms with Crippen molar-refractivity contribution in [1.29, 1.82) is 0 Å². The number of amides is 1. The monoisotopic (exact) mass is 423 g/mol. The summed E-state index contributed by atoms with van der Waals surface area (Å²) in [6.45, 7) is 5.06. The van der Waals surface area contributed by atoms with Crippen LogP contribution in [-0.2, 0) is 0 Å². The van der Waals surface area contributed by atoms with Crippen LogP contribution in [0.15, 0.2) is 23.3 Å². The summed E-state index contributed by atoms with van der Waals surface area (Å²) in [6.07, 6.45) is 5.56. The molecule has 0 aromatic heterocycles. The van der Waals surface area contributed by atoms with Crippen LogP contribution in [0.5, 0.6) is 11.5 Å². The van der Waals surface area contributed by atoms with Gasteiger partial charge in [-0.15, -0.1) is 0 Å². The predicted octanol–water partition coefficient (Wildman–Crippen LogP) is 4.53. The van der Waals surface area contributed by atoms with Gasteiger partial charge in [0.1, 0.15) is 0 Å². The summed E-state index contributed by atoms with van der Waals surface area (Å²) < 4.78 is 22.9. The van der Waals surface area contributed by atoms with E-state index < -0.39 is 6.86 Å². The van der Waals surface area contributed by atoms with E-state index in [2.05, 4.69) is 4.90 Å². The van der Waals surface area contributed by atoms with Crippen LogP contribution in [-0.4, -0.2) is 66.3 Å². The fourth-order valence-electron chi connectivity index (χ4n) is 3.77. The summed E-state index contributed by atoms with van der Waals surface area (Å²) in [6, 6.07) is 5.33. The Morgan fingerprint density at radius 2 is 2.00 bits per heavy atom. The molecule has 0 aliphatic carbocycles. The molecular formula is C21H30FN3O3S. The molecule has 3 rings (SSSR count). The van der Waals surface area contributed by atoms with Crippen molar-refractivity contribution < 1.29 is 18.7 Å². The topological polar surface area (TPSA) is 54.4 Å². The molecule has 1 saturated heterocycles. The van der Waals surface area contributed by atoms with Crippen LogP contribution in [0.2, 0.25) is 0 Å². The SMILES string of the molecule is CCC1SC(=O)N(CCCN2CCCCC2)N=C1c1ccc(OCF)c(OC)c1. The number of thioether (sulfide) groups is 1. The molecule has 0 spiro atoms. The predicted molar refractivity (Wildman–Crippen MR) is 115 cm³/mol. The second kappa shape index (κ2) is 10.8. The van der Waals surface area contributed by atoms with E-state index in [-0.39, 0.29) is 10.5 Å². The van der Waals surface area contributed by atoms with E-state index in [1.165, 1.54) is 38.1 Å². The quantitative estimate of drug-likeness (QED) is 0.584. The number of ether oxygens (including phenoxy) is 2. The lowest BCUT2D eigenvalue weighted by Gasteiger charge is -2.30. The van der Waals surface area contributed by atoms with Gasteiger partial charge in [-0.3, -0.25) is 4.79 Å². The first-order valence-electron chi connectivity index (χ1n) is 10.3. The zero-order valence-corrected chi connectivity index (χ0v) is 18.0. The molecule has 2 heterocycles. The lowest BCUT2D eigenvalue weighted by atomic mass is 10.0. The van der Waals surface area contributed by atoms with Crippen molar-refractivity contribution in [3.8, 4) is 11.5 Å². The van der Waals surface area contributed by atoms with E-state index in [1.807, 2.05) is 13.0 Å². The van der Waals surface area contributed by atoms with Crippen LogP contribution >= 0.6 is 11.8 Å². The Balaban J connectivity index is 1.73. The molecule has 1 fully saturated rings. The number of benzene rings is 1. The van der Waals surface area contributed by atoms with Crippen LogP contribution < -0.4 is 9.47 Å². The molecule has 1 aromatic rings. The van der Waals surface area contributed by atoms with Gasteiger partial charge in [-0.05, 0) is 63.5 Å². The van der Waals surface area contributed by atoms with Crippen molar-refractivity contribution in [3.63, 3.8) is 0 Å². The molecule has 29 heavy (non-hydrogen) atoms. The number of methoxy groups -OCH3 is 1. The van der Waals surface area contributed by atoms with E-state index in [0.717, 1.165) is 43.8 Å². The molecule has 0 N–H and O–H groups in total. The second-order valence-electron chi connectivity index (χ2n) is 7.26. The fraction of sp³-hybridized carbons (Fsp3) is 0.619. The Bertz CT molecular complexity index is 725. The maximum atomic E-state index is 12.6. The third-order valence-electron chi connectivity index (χ3n) is 5.32. The highest BCUT2D eigenvalue weighted by Gasteiger charge is 2.30. The molecule has 0 bridgehead atoms. The van der Waals surface area contributed by atoms with Crippen LogP contribution in [0.25, 0.3) is 0 Å². The van der Waals surface area contributed by atoms with Crippen molar-refractivity contribution in [2.45, 2.75) is 44.3 Å². The number of carbonyl (C=O) groups is 1. The summed E-state index contributed by atoms with van der Waals surface area (Å²) in [5, 5.41) is 6.29. The van der Waals surface area contributed by atoms with Gasteiger partial charge in [0.25, 0.3) is 0 Å². The van der Waals surface area contributed by atoms with E-state index >= 15 is 0 Å². The first-order chi connectivity index (χ1) is 14.2. The average Bonchev–Trinajstić information content (AvgIpc) is 2.76. The van der Waals surface area contributed by atoms with Gasteiger partial charge < -0.3 is 14.4 Å². The Morgan fingerprint density at radius 1 is 1.21 bits per heavy atom. The maximum Gasteiger partial charge on any atom is 0.302 e. The first-order valence-corrected chi connectivity index (χ1v) is 11.2. The van der Waals surface area contributed by atoms with Crippen LogP contribution in [0.3, 0.4) is 0 Å². The molecule has 8 heteroatoms. The molecule has 1 amide bonds. The number of hydrazone groups is 1. The molecular weight excluding hydrogens is 393 g/mol. The Labute approximate surface area is 176 Å². The van der Waals surface area contributed by atoms with E-state index in [9.17, 15) is 9.18 Å². The van der Waals surface area contributed by atoms with Crippen molar-refractivity contribution in [3.05, 3.63) is 23.8 Å². The number of nitrogens with zero attached hydrogens (tertiary/aromatic N) is 3. The zero-order chi connectivity index (χ0) is 20.6. The third-order valence-corrected chi connectivity index (χ3v) is 6.57. The normalized spacial score (nSPS) is 20.5. The van der Waals surface area contributed by atoms with Crippen LogP contribution in [0, 0.1) is 0 Å². The minimum Gasteiger partial charge on any atom is -0.493 e. The minimum atomic E-state index is -0.913. The number of hydrogen-bond donors (Lipinski definition) is 0. The largest absolute Gasteiger partial charge is 0.493 e. The molecule has 0 radical (unpaired) electrons. The van der Waals surface area contributed by atoms with Gasteiger partial charge in [-0.25, -0.2) is 9.40 Å². The Kier molecular flexibility index (Phi) is 8.18. The number of piperidine rings is 1. The molecule has 1 aromatic carbocycles. The molecule has 1 atom stereocenters. The van der Waals surface area contributed by atoms with Crippen LogP contribution in [0.4, 0.5) is 9.18 Å². The van der Waals surface area contributed by atoms with E-state index in [4.69, 9.17) is 14.6 Å². The highest BCUT2D eigenvalue weighted by atomic mass is 32.2. The van der Waals surface area contributed by atoms with Crippen molar-refractivity contribution in [2.24, 2.45) is 5.10 Å². The number of hydrogen-bond acceptors (Lipinski definition) is 6. The number of halogens is 1. The standard InChI is InChI=1S/C21H30FN3O3S/c1-3-19-20(16-8-9-17(28-15-22)18(14-16)27-2)23-25(21(26)29-19)13-7-12-24-10-5-4-6-11-24/h8-9,14,19H,3-7,10-13,15H2,1-2H3. The third kappa shape index (κ3) is 5.63.